The molecular formula is C21H26N2O6S. The average molecular weight is 435 g/mol. The minimum Gasteiger partial charge on any atom is -0.497 e. The second-order valence-electron chi connectivity index (χ2n) is 7.36. The molecule has 0 aliphatic carbocycles. The molecule has 1 heterocycles. The van der Waals surface area contributed by atoms with E-state index >= 15 is 0 Å². The highest BCUT2D eigenvalue weighted by Gasteiger charge is 2.29. The maximum atomic E-state index is 12.9. The SMILES string of the molecule is COc1ccc(S(=O)(=O)N[C@H](C(=O)N[C@H](C)c2ccc3c(c2)OCO3)C(C)C)cc1. The van der Waals surface area contributed by atoms with Crippen LogP contribution < -0.4 is 24.2 Å². The summed E-state index contributed by atoms with van der Waals surface area (Å²) in [6, 6.07) is 10.1. The number of methoxy groups -OCH3 is 1. The number of carbonyl (C=O) groups excluding carboxylic acids is 1. The van der Waals surface area contributed by atoms with Gasteiger partial charge in [0.25, 0.3) is 0 Å². The van der Waals surface area contributed by atoms with Gasteiger partial charge in [0.15, 0.2) is 11.5 Å². The number of carbonyl (C=O) groups is 1. The molecule has 0 radical (unpaired) electrons. The van der Waals surface area contributed by atoms with Crippen molar-refractivity contribution in [2.75, 3.05) is 13.9 Å². The van der Waals surface area contributed by atoms with E-state index in [1.54, 1.807) is 38.1 Å². The van der Waals surface area contributed by atoms with Crippen LogP contribution in [0.4, 0.5) is 0 Å². The zero-order chi connectivity index (χ0) is 21.9. The number of hydrogen-bond donors (Lipinski definition) is 2. The Hall–Kier alpha value is -2.78. The Morgan fingerprint density at radius 2 is 1.70 bits per heavy atom. The first-order valence-corrected chi connectivity index (χ1v) is 11.1. The van der Waals surface area contributed by atoms with E-state index in [4.69, 9.17) is 14.2 Å². The molecule has 2 atom stereocenters. The summed E-state index contributed by atoms with van der Waals surface area (Å²) in [6.07, 6.45) is 0. The number of ether oxygens (including phenoxy) is 3. The zero-order valence-corrected chi connectivity index (χ0v) is 18.2. The molecule has 162 valence electrons. The third-order valence-corrected chi connectivity index (χ3v) is 6.31. The topological polar surface area (TPSA) is 103 Å². The number of sulfonamides is 1. The van der Waals surface area contributed by atoms with Crippen LogP contribution in [0.1, 0.15) is 32.4 Å². The van der Waals surface area contributed by atoms with Crippen LogP contribution in [-0.2, 0) is 14.8 Å². The number of nitrogens with one attached hydrogen (secondary N) is 2. The number of hydrogen-bond acceptors (Lipinski definition) is 6. The molecule has 0 saturated carbocycles. The van der Waals surface area contributed by atoms with E-state index < -0.39 is 22.0 Å². The molecule has 30 heavy (non-hydrogen) atoms. The highest BCUT2D eigenvalue weighted by atomic mass is 32.2. The number of benzene rings is 2. The van der Waals surface area contributed by atoms with Crippen molar-refractivity contribution in [1.29, 1.82) is 0 Å². The van der Waals surface area contributed by atoms with E-state index in [2.05, 4.69) is 10.0 Å². The Morgan fingerprint density at radius 1 is 1.03 bits per heavy atom. The summed E-state index contributed by atoms with van der Waals surface area (Å²) in [5, 5.41) is 2.88. The van der Waals surface area contributed by atoms with E-state index in [0.717, 1.165) is 5.56 Å². The van der Waals surface area contributed by atoms with Crippen LogP contribution in [0.25, 0.3) is 0 Å². The fraction of sp³-hybridized carbons (Fsp3) is 0.381. The maximum Gasteiger partial charge on any atom is 0.241 e. The van der Waals surface area contributed by atoms with Crippen LogP contribution in [0.2, 0.25) is 0 Å². The van der Waals surface area contributed by atoms with Gasteiger partial charge in [0.05, 0.1) is 18.0 Å². The average Bonchev–Trinajstić information content (AvgIpc) is 3.19. The van der Waals surface area contributed by atoms with Gasteiger partial charge in [-0.2, -0.15) is 4.72 Å². The lowest BCUT2D eigenvalue weighted by Gasteiger charge is -2.24. The van der Waals surface area contributed by atoms with Gasteiger partial charge < -0.3 is 19.5 Å². The highest BCUT2D eigenvalue weighted by Crippen LogP contribution is 2.34. The van der Waals surface area contributed by atoms with Gasteiger partial charge in [0.2, 0.25) is 22.7 Å². The molecule has 9 heteroatoms. The summed E-state index contributed by atoms with van der Waals surface area (Å²) in [5.41, 5.74) is 0.827. The minimum absolute atomic E-state index is 0.0607. The van der Waals surface area contributed by atoms with Crippen LogP contribution in [0.5, 0.6) is 17.2 Å². The second-order valence-corrected chi connectivity index (χ2v) is 9.08. The summed E-state index contributed by atoms with van der Waals surface area (Å²) < 4.78 is 43.8. The molecule has 0 fully saturated rings. The Labute approximate surface area is 176 Å². The predicted octanol–water partition coefficient (Wildman–Crippen LogP) is 2.60. The van der Waals surface area contributed by atoms with Gasteiger partial charge in [0.1, 0.15) is 11.8 Å². The van der Waals surface area contributed by atoms with Gasteiger partial charge in [-0.3, -0.25) is 4.79 Å². The third-order valence-electron chi connectivity index (χ3n) is 4.86. The Morgan fingerprint density at radius 3 is 2.33 bits per heavy atom. The summed E-state index contributed by atoms with van der Waals surface area (Å²) in [6.45, 7) is 5.56. The summed E-state index contributed by atoms with van der Waals surface area (Å²) in [5.74, 6) is 1.15. The van der Waals surface area contributed by atoms with E-state index in [-0.39, 0.29) is 23.6 Å². The zero-order valence-electron chi connectivity index (χ0n) is 17.3. The normalized spacial score (nSPS) is 15.0. The van der Waals surface area contributed by atoms with Crippen molar-refractivity contribution in [3.05, 3.63) is 48.0 Å². The molecule has 2 aromatic carbocycles. The molecule has 0 unspecified atom stereocenters. The lowest BCUT2D eigenvalue weighted by Crippen LogP contribution is -2.50. The van der Waals surface area contributed by atoms with Crippen LogP contribution >= 0.6 is 0 Å². The Bertz CT molecular complexity index is 1000. The first-order chi connectivity index (χ1) is 14.2. The Balaban J connectivity index is 1.72. The monoisotopic (exact) mass is 434 g/mol. The fourth-order valence-electron chi connectivity index (χ4n) is 3.05. The summed E-state index contributed by atoms with van der Waals surface area (Å²) in [7, 11) is -2.38. The lowest BCUT2D eigenvalue weighted by molar-refractivity contribution is -0.124. The first kappa shape index (κ1) is 21.9. The molecule has 0 spiro atoms. The van der Waals surface area contributed by atoms with Crippen molar-refractivity contribution < 1.29 is 27.4 Å². The number of amides is 1. The standard InChI is InChI=1S/C21H26N2O6S/c1-13(2)20(23-30(25,26)17-8-6-16(27-4)7-9-17)21(24)22-14(3)15-5-10-18-19(11-15)29-12-28-18/h5-11,13-14,20,23H,12H2,1-4H3,(H,22,24)/t14-,20+/m1/s1. The molecule has 2 aromatic rings. The van der Waals surface area contributed by atoms with Crippen molar-refractivity contribution in [1.82, 2.24) is 10.0 Å². The van der Waals surface area contributed by atoms with E-state index in [1.165, 1.54) is 19.2 Å². The largest absolute Gasteiger partial charge is 0.497 e. The molecule has 2 N–H and O–H groups in total. The van der Waals surface area contributed by atoms with E-state index in [0.29, 0.717) is 17.2 Å². The van der Waals surface area contributed by atoms with E-state index in [9.17, 15) is 13.2 Å². The minimum atomic E-state index is -3.89. The van der Waals surface area contributed by atoms with Crippen LogP contribution in [0.15, 0.2) is 47.4 Å². The van der Waals surface area contributed by atoms with Crippen molar-refractivity contribution in [3.8, 4) is 17.2 Å². The van der Waals surface area contributed by atoms with Crippen LogP contribution in [-0.4, -0.2) is 34.3 Å². The molecule has 3 rings (SSSR count). The quantitative estimate of drug-likeness (QED) is 0.662. The Kier molecular flexibility index (Phi) is 6.52. The van der Waals surface area contributed by atoms with Gasteiger partial charge >= 0.3 is 0 Å². The molecule has 0 saturated heterocycles. The molecule has 8 nitrogen and oxygen atoms in total. The van der Waals surface area contributed by atoms with Crippen LogP contribution in [0.3, 0.4) is 0 Å². The van der Waals surface area contributed by atoms with Gasteiger partial charge in [0, 0.05) is 0 Å². The summed E-state index contributed by atoms with van der Waals surface area (Å²) in [4.78, 5) is 13.0. The molecule has 1 amide bonds. The van der Waals surface area contributed by atoms with Gasteiger partial charge in [-0.1, -0.05) is 19.9 Å². The third kappa shape index (κ3) is 4.85. The van der Waals surface area contributed by atoms with Crippen molar-refractivity contribution in [2.45, 2.75) is 37.8 Å². The first-order valence-electron chi connectivity index (χ1n) is 9.57. The molecule has 1 aliphatic heterocycles. The van der Waals surface area contributed by atoms with Crippen molar-refractivity contribution >= 4 is 15.9 Å². The molecule has 1 aliphatic rings. The molecular weight excluding hydrogens is 408 g/mol. The van der Waals surface area contributed by atoms with Gasteiger partial charge in [-0.25, -0.2) is 8.42 Å². The number of fused-ring (bicyclic) bond motifs is 1. The van der Waals surface area contributed by atoms with Crippen molar-refractivity contribution in [3.63, 3.8) is 0 Å². The van der Waals surface area contributed by atoms with Crippen LogP contribution in [0, 0.1) is 5.92 Å². The molecule has 0 bridgehead atoms. The maximum absolute atomic E-state index is 12.9. The number of rotatable bonds is 8. The second kappa shape index (κ2) is 8.93. The van der Waals surface area contributed by atoms with Crippen molar-refractivity contribution in [2.24, 2.45) is 5.92 Å². The molecule has 0 aromatic heterocycles. The van der Waals surface area contributed by atoms with Gasteiger partial charge in [-0.15, -0.1) is 0 Å². The van der Waals surface area contributed by atoms with E-state index in [1.807, 2.05) is 13.0 Å². The predicted molar refractivity (Wildman–Crippen MR) is 111 cm³/mol. The fourth-order valence-corrected chi connectivity index (χ4v) is 4.40. The lowest BCUT2D eigenvalue weighted by atomic mass is 10.0. The van der Waals surface area contributed by atoms with Gasteiger partial charge in [-0.05, 0) is 54.8 Å². The summed E-state index contributed by atoms with van der Waals surface area (Å²) >= 11 is 0. The highest BCUT2D eigenvalue weighted by molar-refractivity contribution is 7.89. The smallest absolute Gasteiger partial charge is 0.241 e.